The Labute approximate surface area is 696 Å². The van der Waals surface area contributed by atoms with Gasteiger partial charge in [0.25, 0.3) is 0 Å². The number of allylic oxidation sites excluding steroid dienone is 21. The number of ether oxygens (including phenoxy) is 6. The van der Waals surface area contributed by atoms with Crippen LogP contribution in [0.1, 0.15) is 335 Å². The molecule has 0 saturated carbocycles. The molecule has 0 aromatic rings. The van der Waals surface area contributed by atoms with Gasteiger partial charge < -0.3 is 89.9 Å². The molecule has 3 saturated heterocycles. The number of carbonyl (C=O) groups excluding carboxylic acids is 1. The highest BCUT2D eigenvalue weighted by Crippen LogP contribution is 2.33. The standard InChI is InChI=1S/C96H165NO18/c1-3-5-7-9-11-13-15-17-19-21-23-25-27-29-31-33-35-36-37-38-39-40-41-42-44-46-48-50-52-54-56-58-60-62-64-66-68-70-72-74-84(102)97-79(80(101)73-71-69-67-65-63-61-59-57-55-53-51-49-47-45-43-34-32-30-28-26-24-22-20-18-16-14-12-10-8-6-4-2)78-110-94-90(108)87(105)92(82(76-99)112-94)115-96-91(109)88(106)93(83(77-100)113-96)114-95-89(107)86(104)85(103)81(75-98)111-95/h5,7,11,13,17,19,23,25,29,31,35-36,38-39,41-42,55,57,63,65,71,73,79-83,85-96,98-101,103-109H,3-4,6,8-10,12,14-16,18,20-22,24,26-28,30,32-34,37,40,43-54,56,58-62,64,66-70,72,74-78H2,1-2H3,(H,97,102)/b7-5-,13-11-,19-17-,25-23-,31-29-,36-35-,39-38-,42-41-,57-55+,65-63+,73-71+. The van der Waals surface area contributed by atoms with Gasteiger partial charge in [0.1, 0.15) is 73.2 Å². The van der Waals surface area contributed by atoms with E-state index < -0.39 is 124 Å². The second-order valence-electron chi connectivity index (χ2n) is 32.0. The van der Waals surface area contributed by atoms with Crippen molar-refractivity contribution >= 4 is 5.91 Å². The van der Waals surface area contributed by atoms with Crippen LogP contribution in [0.15, 0.2) is 134 Å². The lowest BCUT2D eigenvalue weighted by Gasteiger charge is -2.48. The van der Waals surface area contributed by atoms with Gasteiger partial charge in [0.05, 0.1) is 38.6 Å². The Balaban J connectivity index is 1.34. The van der Waals surface area contributed by atoms with Crippen molar-refractivity contribution in [2.75, 3.05) is 26.4 Å². The Bertz CT molecular complexity index is 2600. The molecule has 3 aliphatic rings. The summed E-state index contributed by atoms with van der Waals surface area (Å²) in [6.07, 6.45) is 80.3. The number of amides is 1. The quantitative estimate of drug-likeness (QED) is 0.0199. The fraction of sp³-hybridized carbons (Fsp3) is 0.760. The highest BCUT2D eigenvalue weighted by atomic mass is 16.8. The third kappa shape index (κ3) is 52.0. The van der Waals surface area contributed by atoms with E-state index in [1.807, 2.05) is 6.08 Å². The molecule has 662 valence electrons. The Morgan fingerprint density at radius 2 is 0.609 bits per heavy atom. The summed E-state index contributed by atoms with van der Waals surface area (Å²) in [5.74, 6) is -0.291. The van der Waals surface area contributed by atoms with Crippen LogP contribution in [0.2, 0.25) is 0 Å². The van der Waals surface area contributed by atoms with Crippen LogP contribution < -0.4 is 5.32 Å². The summed E-state index contributed by atoms with van der Waals surface area (Å²) < 4.78 is 34.5. The van der Waals surface area contributed by atoms with E-state index >= 15 is 0 Å². The molecule has 3 rings (SSSR count). The number of rotatable bonds is 73. The van der Waals surface area contributed by atoms with Crippen LogP contribution in [0.25, 0.3) is 0 Å². The van der Waals surface area contributed by atoms with E-state index in [-0.39, 0.29) is 18.9 Å². The van der Waals surface area contributed by atoms with E-state index in [9.17, 15) is 61.0 Å². The molecule has 0 spiro atoms. The molecule has 3 heterocycles. The summed E-state index contributed by atoms with van der Waals surface area (Å²) in [6, 6.07) is -1.01. The summed E-state index contributed by atoms with van der Waals surface area (Å²) in [6.45, 7) is 1.63. The molecule has 0 aromatic carbocycles. The smallest absolute Gasteiger partial charge is 0.220 e. The number of carbonyl (C=O) groups is 1. The molecule has 3 aliphatic heterocycles. The van der Waals surface area contributed by atoms with E-state index in [1.54, 1.807) is 6.08 Å². The Hall–Kier alpha value is -4.07. The minimum atomic E-state index is -1.99. The number of aliphatic hydroxyl groups excluding tert-OH is 11. The first-order valence-corrected chi connectivity index (χ1v) is 45.9. The SMILES string of the molecule is CC/C=C\C/C=C\C/C=C\C/C=C\C/C=C\C/C=C\C/C=C\C/C=C\CCCCCCCCCCCCCCCCC(=O)NC(COC1OC(CO)C(OC2OC(CO)C(OC3OC(CO)C(O)C(O)C3O)C(O)C2O)C(O)C1O)C(O)/C=C/CC/C=C/CC/C=C/CCCCCCCCCCCCCCCCCCCCCCC. The number of aliphatic hydroxyl groups is 11. The molecule has 0 aromatic heterocycles. The third-order valence-electron chi connectivity index (χ3n) is 21.9. The monoisotopic (exact) mass is 1620 g/mol. The fourth-order valence-corrected chi connectivity index (χ4v) is 14.7. The van der Waals surface area contributed by atoms with Crippen molar-refractivity contribution in [1.29, 1.82) is 0 Å². The van der Waals surface area contributed by atoms with Gasteiger partial charge in [-0.05, 0) is 109 Å². The van der Waals surface area contributed by atoms with Crippen LogP contribution in [0.5, 0.6) is 0 Å². The Morgan fingerprint density at radius 1 is 0.322 bits per heavy atom. The van der Waals surface area contributed by atoms with E-state index in [2.05, 4.69) is 141 Å². The highest BCUT2D eigenvalue weighted by molar-refractivity contribution is 5.76. The average molecular weight is 1620 g/mol. The highest BCUT2D eigenvalue weighted by Gasteiger charge is 2.54. The van der Waals surface area contributed by atoms with Gasteiger partial charge in [-0.3, -0.25) is 4.79 Å². The normalized spacial score (nSPS) is 25.2. The number of nitrogens with one attached hydrogen (secondary N) is 1. The minimum Gasteiger partial charge on any atom is -0.394 e. The zero-order chi connectivity index (χ0) is 83.1. The van der Waals surface area contributed by atoms with E-state index in [4.69, 9.17) is 28.4 Å². The fourth-order valence-electron chi connectivity index (χ4n) is 14.7. The zero-order valence-corrected chi connectivity index (χ0v) is 71.5. The maximum Gasteiger partial charge on any atom is 0.220 e. The maximum atomic E-state index is 13.5. The predicted octanol–water partition coefficient (Wildman–Crippen LogP) is 18.0. The lowest BCUT2D eigenvalue weighted by atomic mass is 9.96. The van der Waals surface area contributed by atoms with Crippen LogP contribution in [0.4, 0.5) is 0 Å². The molecular weight excluding hydrogens is 1460 g/mol. The van der Waals surface area contributed by atoms with Gasteiger partial charge in [0, 0.05) is 6.42 Å². The van der Waals surface area contributed by atoms with Crippen LogP contribution in [-0.4, -0.2) is 193 Å². The molecule has 3 fully saturated rings. The van der Waals surface area contributed by atoms with Crippen molar-refractivity contribution in [2.24, 2.45) is 0 Å². The average Bonchev–Trinajstić information content (AvgIpc) is 0.779. The maximum absolute atomic E-state index is 13.5. The molecule has 17 atom stereocenters. The predicted molar refractivity (Wildman–Crippen MR) is 466 cm³/mol. The molecule has 12 N–H and O–H groups in total. The summed E-state index contributed by atoms with van der Waals surface area (Å²) in [7, 11) is 0. The van der Waals surface area contributed by atoms with Crippen LogP contribution in [0.3, 0.4) is 0 Å². The Morgan fingerprint density at radius 3 is 0.974 bits per heavy atom. The lowest BCUT2D eigenvalue weighted by molar-refractivity contribution is -0.379. The molecule has 19 heteroatoms. The van der Waals surface area contributed by atoms with Gasteiger partial charge >= 0.3 is 0 Å². The molecule has 17 unspecified atom stereocenters. The van der Waals surface area contributed by atoms with Gasteiger partial charge in [0.2, 0.25) is 5.91 Å². The van der Waals surface area contributed by atoms with Crippen molar-refractivity contribution in [2.45, 2.75) is 439 Å². The second-order valence-corrected chi connectivity index (χ2v) is 32.0. The van der Waals surface area contributed by atoms with Gasteiger partial charge in [-0.1, -0.05) is 353 Å². The van der Waals surface area contributed by atoms with E-state index in [0.29, 0.717) is 12.8 Å². The first kappa shape index (κ1) is 105. The third-order valence-corrected chi connectivity index (χ3v) is 21.9. The molecule has 0 bridgehead atoms. The minimum absolute atomic E-state index is 0.224. The van der Waals surface area contributed by atoms with Crippen molar-refractivity contribution in [3.05, 3.63) is 134 Å². The first-order chi connectivity index (χ1) is 56.3. The first-order valence-electron chi connectivity index (χ1n) is 45.9. The number of hydrogen-bond acceptors (Lipinski definition) is 18. The molecule has 0 aliphatic carbocycles. The lowest BCUT2D eigenvalue weighted by Crippen LogP contribution is -2.66. The summed E-state index contributed by atoms with van der Waals surface area (Å²) in [4.78, 5) is 13.5. The zero-order valence-electron chi connectivity index (χ0n) is 71.5. The van der Waals surface area contributed by atoms with Gasteiger partial charge in [-0.2, -0.15) is 0 Å². The summed E-state index contributed by atoms with van der Waals surface area (Å²) in [5.41, 5.74) is 0. The van der Waals surface area contributed by atoms with Crippen molar-refractivity contribution < 1.29 is 89.4 Å². The Kier molecular flexibility index (Phi) is 67.5. The van der Waals surface area contributed by atoms with Crippen LogP contribution in [-0.2, 0) is 33.2 Å². The van der Waals surface area contributed by atoms with Gasteiger partial charge in [-0.15, -0.1) is 0 Å². The molecule has 19 nitrogen and oxygen atoms in total. The number of hydrogen-bond donors (Lipinski definition) is 12. The van der Waals surface area contributed by atoms with Crippen molar-refractivity contribution in [1.82, 2.24) is 5.32 Å². The molecule has 1 amide bonds. The molecular formula is C96H165NO18. The summed E-state index contributed by atoms with van der Waals surface area (Å²) in [5, 5.41) is 121. The van der Waals surface area contributed by atoms with Crippen LogP contribution >= 0.6 is 0 Å². The second kappa shape index (κ2) is 73.8. The van der Waals surface area contributed by atoms with Gasteiger partial charge in [0.15, 0.2) is 18.9 Å². The largest absolute Gasteiger partial charge is 0.394 e. The number of unbranched alkanes of at least 4 members (excludes halogenated alkanes) is 37. The van der Waals surface area contributed by atoms with Crippen molar-refractivity contribution in [3.8, 4) is 0 Å². The van der Waals surface area contributed by atoms with Crippen LogP contribution in [0, 0.1) is 0 Å². The molecule has 0 radical (unpaired) electrons. The van der Waals surface area contributed by atoms with E-state index in [0.717, 1.165) is 109 Å². The summed E-state index contributed by atoms with van der Waals surface area (Å²) >= 11 is 0. The molecule has 115 heavy (non-hydrogen) atoms. The van der Waals surface area contributed by atoms with Gasteiger partial charge in [-0.25, -0.2) is 0 Å². The van der Waals surface area contributed by atoms with Crippen molar-refractivity contribution in [3.63, 3.8) is 0 Å². The van der Waals surface area contributed by atoms with E-state index in [1.165, 1.54) is 193 Å². The topological polar surface area (TPSA) is 307 Å².